The van der Waals surface area contributed by atoms with Gasteiger partial charge in [0.2, 0.25) is 0 Å². The molecule has 0 spiro atoms. The van der Waals surface area contributed by atoms with Crippen LogP contribution in [0.15, 0.2) is 18.2 Å². The van der Waals surface area contributed by atoms with Gasteiger partial charge in [-0.25, -0.2) is 0 Å². The van der Waals surface area contributed by atoms with Crippen LogP contribution in [0.5, 0.6) is 0 Å². The first-order valence-electron chi connectivity index (χ1n) is 5.46. The lowest BCUT2D eigenvalue weighted by Gasteiger charge is -2.27. The molecule has 16 heavy (non-hydrogen) atoms. The summed E-state index contributed by atoms with van der Waals surface area (Å²) in [5.41, 5.74) is 0.784. The maximum atomic E-state index is 9.50. The van der Waals surface area contributed by atoms with Crippen LogP contribution in [-0.2, 0) is 6.42 Å². The van der Waals surface area contributed by atoms with Crippen LogP contribution in [0.1, 0.15) is 18.4 Å². The van der Waals surface area contributed by atoms with Crippen molar-refractivity contribution in [1.82, 2.24) is 5.32 Å². The smallest absolute Gasteiger partial charge is 0.0624 e. The van der Waals surface area contributed by atoms with Crippen molar-refractivity contribution < 1.29 is 5.11 Å². The van der Waals surface area contributed by atoms with E-state index in [1.807, 2.05) is 12.1 Å². The van der Waals surface area contributed by atoms with Crippen LogP contribution in [0.4, 0.5) is 0 Å². The molecule has 1 aromatic rings. The Morgan fingerprint density at radius 2 is 2.19 bits per heavy atom. The summed E-state index contributed by atoms with van der Waals surface area (Å²) in [5.74, 6) is 0. The third-order valence-electron chi connectivity index (χ3n) is 3.20. The Morgan fingerprint density at radius 1 is 1.38 bits per heavy atom. The van der Waals surface area contributed by atoms with E-state index in [9.17, 15) is 5.11 Å². The zero-order valence-electron chi connectivity index (χ0n) is 8.97. The molecule has 0 radical (unpaired) electrons. The van der Waals surface area contributed by atoms with Crippen molar-refractivity contribution in [3.05, 3.63) is 33.8 Å². The van der Waals surface area contributed by atoms with Gasteiger partial charge >= 0.3 is 0 Å². The molecule has 1 saturated heterocycles. The molecule has 1 aliphatic heterocycles. The zero-order valence-corrected chi connectivity index (χ0v) is 10.5. The molecular weight excluding hydrogens is 245 g/mol. The second-order valence-corrected chi connectivity index (χ2v) is 5.14. The van der Waals surface area contributed by atoms with Crippen molar-refractivity contribution in [3.63, 3.8) is 0 Å². The van der Waals surface area contributed by atoms with Gasteiger partial charge in [-0.2, -0.15) is 0 Å². The molecule has 0 bridgehead atoms. The van der Waals surface area contributed by atoms with E-state index >= 15 is 0 Å². The Balaban J connectivity index is 2.22. The average Bonchev–Trinajstić information content (AvgIpc) is 2.74. The number of aliphatic hydroxyl groups excluding tert-OH is 1. The number of rotatable bonds is 3. The molecule has 2 nitrogen and oxygen atoms in total. The SMILES string of the molecule is OCC1(Cc2cccc(Cl)c2Cl)CCCN1. The highest BCUT2D eigenvalue weighted by Gasteiger charge is 2.33. The van der Waals surface area contributed by atoms with E-state index in [1.165, 1.54) is 0 Å². The summed E-state index contributed by atoms with van der Waals surface area (Å²) in [6, 6.07) is 5.64. The molecule has 1 aliphatic rings. The number of nitrogens with one attached hydrogen (secondary N) is 1. The fraction of sp³-hybridized carbons (Fsp3) is 0.500. The summed E-state index contributed by atoms with van der Waals surface area (Å²) in [6.07, 6.45) is 2.80. The summed E-state index contributed by atoms with van der Waals surface area (Å²) >= 11 is 12.1. The number of hydrogen-bond acceptors (Lipinski definition) is 2. The topological polar surface area (TPSA) is 32.3 Å². The highest BCUT2D eigenvalue weighted by Crippen LogP contribution is 2.31. The van der Waals surface area contributed by atoms with Crippen LogP contribution in [0, 0.1) is 0 Å². The van der Waals surface area contributed by atoms with E-state index in [0.29, 0.717) is 10.0 Å². The lowest BCUT2D eigenvalue weighted by atomic mass is 9.90. The molecule has 2 rings (SSSR count). The van der Waals surface area contributed by atoms with Crippen LogP contribution in [-0.4, -0.2) is 23.8 Å². The van der Waals surface area contributed by atoms with Gasteiger partial charge in [-0.15, -0.1) is 0 Å². The fourth-order valence-electron chi connectivity index (χ4n) is 2.26. The normalized spacial score (nSPS) is 24.9. The van der Waals surface area contributed by atoms with E-state index in [4.69, 9.17) is 23.2 Å². The second kappa shape index (κ2) is 4.92. The van der Waals surface area contributed by atoms with Crippen molar-refractivity contribution in [1.29, 1.82) is 0 Å². The first kappa shape index (κ1) is 12.2. The van der Waals surface area contributed by atoms with Gasteiger partial charge in [0.05, 0.1) is 16.7 Å². The molecule has 1 fully saturated rings. The number of benzene rings is 1. The Bertz CT molecular complexity index is 375. The number of hydrogen-bond donors (Lipinski definition) is 2. The van der Waals surface area contributed by atoms with Gasteiger partial charge in [-0.1, -0.05) is 35.3 Å². The Labute approximate surface area is 106 Å². The van der Waals surface area contributed by atoms with Crippen LogP contribution in [0.25, 0.3) is 0 Å². The van der Waals surface area contributed by atoms with Gasteiger partial charge in [0.15, 0.2) is 0 Å². The molecule has 4 heteroatoms. The monoisotopic (exact) mass is 259 g/mol. The summed E-state index contributed by atoms with van der Waals surface area (Å²) < 4.78 is 0. The van der Waals surface area contributed by atoms with Gasteiger partial charge in [-0.05, 0) is 37.4 Å². The van der Waals surface area contributed by atoms with Gasteiger partial charge in [0.25, 0.3) is 0 Å². The van der Waals surface area contributed by atoms with Crippen LogP contribution >= 0.6 is 23.2 Å². The highest BCUT2D eigenvalue weighted by atomic mass is 35.5. The molecule has 0 saturated carbocycles. The largest absolute Gasteiger partial charge is 0.394 e. The standard InChI is InChI=1S/C12H15Cl2NO/c13-10-4-1-3-9(11(10)14)7-12(8-16)5-2-6-15-12/h1,3-4,15-16H,2,5-8H2. The molecule has 0 amide bonds. The molecule has 1 aromatic carbocycles. The third-order valence-corrected chi connectivity index (χ3v) is 4.05. The van der Waals surface area contributed by atoms with E-state index in [0.717, 1.165) is 31.4 Å². The molecule has 1 heterocycles. The predicted octanol–water partition coefficient (Wildman–Crippen LogP) is 2.65. The minimum Gasteiger partial charge on any atom is -0.394 e. The van der Waals surface area contributed by atoms with Gasteiger partial charge in [0, 0.05) is 5.54 Å². The highest BCUT2D eigenvalue weighted by molar-refractivity contribution is 6.42. The van der Waals surface area contributed by atoms with Crippen molar-refractivity contribution in [3.8, 4) is 0 Å². The predicted molar refractivity (Wildman–Crippen MR) is 67.2 cm³/mol. The third kappa shape index (κ3) is 2.35. The van der Waals surface area contributed by atoms with Crippen LogP contribution in [0.2, 0.25) is 10.0 Å². The van der Waals surface area contributed by atoms with Gasteiger partial charge in [0.1, 0.15) is 0 Å². The quantitative estimate of drug-likeness (QED) is 0.875. The molecular formula is C12H15Cl2NO. The molecule has 1 unspecified atom stereocenters. The lowest BCUT2D eigenvalue weighted by Crippen LogP contribution is -2.45. The number of halogens is 2. The zero-order chi connectivity index (χ0) is 11.6. The van der Waals surface area contributed by atoms with E-state index in [1.54, 1.807) is 6.07 Å². The Morgan fingerprint density at radius 3 is 2.81 bits per heavy atom. The van der Waals surface area contributed by atoms with Crippen molar-refractivity contribution in [2.45, 2.75) is 24.8 Å². The first-order valence-corrected chi connectivity index (χ1v) is 6.21. The van der Waals surface area contributed by atoms with Crippen molar-refractivity contribution in [2.24, 2.45) is 0 Å². The Hall–Kier alpha value is -0.280. The fourth-order valence-corrected chi connectivity index (χ4v) is 2.65. The average molecular weight is 260 g/mol. The van der Waals surface area contributed by atoms with Gasteiger partial charge in [-0.3, -0.25) is 0 Å². The summed E-state index contributed by atoms with van der Waals surface area (Å²) in [7, 11) is 0. The minimum atomic E-state index is -0.214. The number of aliphatic hydroxyl groups is 1. The molecule has 0 aliphatic carbocycles. The van der Waals surface area contributed by atoms with Crippen molar-refractivity contribution >= 4 is 23.2 Å². The van der Waals surface area contributed by atoms with E-state index < -0.39 is 0 Å². The van der Waals surface area contributed by atoms with E-state index in [2.05, 4.69) is 5.32 Å². The molecule has 88 valence electrons. The van der Waals surface area contributed by atoms with Crippen molar-refractivity contribution in [2.75, 3.05) is 13.2 Å². The van der Waals surface area contributed by atoms with Gasteiger partial charge < -0.3 is 10.4 Å². The lowest BCUT2D eigenvalue weighted by molar-refractivity contribution is 0.177. The summed E-state index contributed by atoms with van der Waals surface area (Å²) in [4.78, 5) is 0. The second-order valence-electron chi connectivity index (χ2n) is 4.36. The minimum absolute atomic E-state index is 0.135. The Kier molecular flexibility index (Phi) is 3.75. The summed E-state index contributed by atoms with van der Waals surface area (Å²) in [6.45, 7) is 1.09. The van der Waals surface area contributed by atoms with Crippen LogP contribution < -0.4 is 5.32 Å². The maximum Gasteiger partial charge on any atom is 0.0624 e. The molecule has 2 N–H and O–H groups in total. The van der Waals surface area contributed by atoms with E-state index in [-0.39, 0.29) is 12.1 Å². The first-order chi connectivity index (χ1) is 7.67. The molecule has 0 aromatic heterocycles. The maximum absolute atomic E-state index is 9.50. The molecule has 1 atom stereocenters. The van der Waals surface area contributed by atoms with Crippen LogP contribution in [0.3, 0.4) is 0 Å². The summed E-state index contributed by atoms with van der Waals surface area (Å²) in [5, 5.41) is 14.0.